The number of nitrogens with zero attached hydrogens (tertiary/aromatic N) is 3. The van der Waals surface area contributed by atoms with E-state index in [4.69, 9.17) is 23.2 Å². The van der Waals surface area contributed by atoms with Crippen LogP contribution in [0.3, 0.4) is 0 Å². The molecular formula is C13H14Cl2N4O3S2. The van der Waals surface area contributed by atoms with E-state index in [1.54, 1.807) is 23.6 Å². The summed E-state index contributed by atoms with van der Waals surface area (Å²) in [6, 6.07) is 1.24. The SMILES string of the molecule is C[C@@H](Sc1nnc2c(Cl)cc(Cl)cn12)C(=O)N[C@H]1CCS(=O)(=O)C1. The average molecular weight is 409 g/mol. The number of rotatable bonds is 4. The number of carbonyl (C=O) groups excluding carboxylic acids is 1. The largest absolute Gasteiger partial charge is 0.351 e. The van der Waals surface area contributed by atoms with Gasteiger partial charge in [0.15, 0.2) is 20.6 Å². The van der Waals surface area contributed by atoms with E-state index in [9.17, 15) is 13.2 Å². The molecule has 24 heavy (non-hydrogen) atoms. The minimum Gasteiger partial charge on any atom is -0.351 e. The molecule has 2 aromatic heterocycles. The van der Waals surface area contributed by atoms with Gasteiger partial charge in [-0.2, -0.15) is 0 Å². The molecule has 1 saturated heterocycles. The first-order valence-electron chi connectivity index (χ1n) is 7.12. The summed E-state index contributed by atoms with van der Waals surface area (Å²) in [5, 5.41) is 11.6. The number of sulfone groups is 1. The summed E-state index contributed by atoms with van der Waals surface area (Å²) in [5.41, 5.74) is 0.457. The summed E-state index contributed by atoms with van der Waals surface area (Å²) < 4.78 is 24.5. The van der Waals surface area contributed by atoms with Crippen molar-refractivity contribution in [2.45, 2.75) is 29.8 Å². The first-order chi connectivity index (χ1) is 11.2. The number of amides is 1. The first-order valence-corrected chi connectivity index (χ1v) is 10.6. The van der Waals surface area contributed by atoms with Crippen LogP contribution in [0.25, 0.3) is 5.65 Å². The van der Waals surface area contributed by atoms with Crippen LogP contribution in [-0.4, -0.2) is 51.7 Å². The molecule has 0 radical (unpaired) electrons. The smallest absolute Gasteiger partial charge is 0.233 e. The van der Waals surface area contributed by atoms with E-state index >= 15 is 0 Å². The minimum atomic E-state index is -3.03. The highest BCUT2D eigenvalue weighted by atomic mass is 35.5. The fourth-order valence-electron chi connectivity index (χ4n) is 2.42. The summed E-state index contributed by atoms with van der Waals surface area (Å²) in [6.45, 7) is 1.72. The van der Waals surface area contributed by atoms with Gasteiger partial charge in [-0.3, -0.25) is 9.20 Å². The Balaban J connectivity index is 1.71. The molecule has 2 aromatic rings. The number of halogens is 2. The summed E-state index contributed by atoms with van der Waals surface area (Å²) in [6.07, 6.45) is 2.07. The number of nitrogens with one attached hydrogen (secondary N) is 1. The zero-order valence-corrected chi connectivity index (χ0v) is 15.7. The van der Waals surface area contributed by atoms with Crippen molar-refractivity contribution >= 4 is 56.4 Å². The number of hydrogen-bond donors (Lipinski definition) is 1. The second kappa shape index (κ2) is 6.70. The monoisotopic (exact) mass is 408 g/mol. The van der Waals surface area contributed by atoms with Crippen LogP contribution >= 0.6 is 35.0 Å². The van der Waals surface area contributed by atoms with E-state index in [0.29, 0.717) is 27.3 Å². The van der Waals surface area contributed by atoms with E-state index in [1.807, 2.05) is 0 Å². The zero-order chi connectivity index (χ0) is 17.5. The molecule has 0 unspecified atom stereocenters. The van der Waals surface area contributed by atoms with Crippen molar-refractivity contribution in [1.29, 1.82) is 0 Å². The molecule has 3 rings (SSSR count). The lowest BCUT2D eigenvalue weighted by atomic mass is 10.2. The molecule has 11 heteroatoms. The Morgan fingerprint density at radius 2 is 2.21 bits per heavy atom. The van der Waals surface area contributed by atoms with Crippen LogP contribution < -0.4 is 5.32 Å². The lowest BCUT2D eigenvalue weighted by Gasteiger charge is -2.14. The molecule has 1 N–H and O–H groups in total. The number of pyridine rings is 1. The van der Waals surface area contributed by atoms with Crippen molar-refractivity contribution in [2.75, 3.05) is 11.5 Å². The lowest BCUT2D eigenvalue weighted by Crippen LogP contribution is -2.40. The number of aromatic nitrogens is 3. The van der Waals surface area contributed by atoms with Crippen molar-refractivity contribution in [3.05, 3.63) is 22.3 Å². The molecule has 0 saturated carbocycles. The van der Waals surface area contributed by atoms with Crippen molar-refractivity contribution in [3.8, 4) is 0 Å². The van der Waals surface area contributed by atoms with E-state index < -0.39 is 15.1 Å². The van der Waals surface area contributed by atoms with E-state index in [0.717, 1.165) is 0 Å². The predicted octanol–water partition coefficient (Wildman–Crippen LogP) is 1.82. The molecule has 1 fully saturated rings. The van der Waals surface area contributed by atoms with Gasteiger partial charge in [-0.1, -0.05) is 35.0 Å². The summed E-state index contributed by atoms with van der Waals surface area (Å²) in [7, 11) is -3.03. The number of carbonyl (C=O) groups is 1. The van der Waals surface area contributed by atoms with Gasteiger partial charge in [-0.05, 0) is 19.4 Å². The van der Waals surface area contributed by atoms with Gasteiger partial charge < -0.3 is 5.32 Å². The van der Waals surface area contributed by atoms with Gasteiger partial charge in [0.2, 0.25) is 5.91 Å². The Kier molecular flexibility index (Phi) is 4.96. The normalized spacial score (nSPS) is 21.0. The molecule has 130 valence electrons. The van der Waals surface area contributed by atoms with Gasteiger partial charge in [0.05, 0.1) is 26.8 Å². The number of fused-ring (bicyclic) bond motifs is 1. The topological polar surface area (TPSA) is 93.4 Å². The summed E-state index contributed by atoms with van der Waals surface area (Å²) >= 11 is 13.2. The van der Waals surface area contributed by atoms with Gasteiger partial charge in [-0.25, -0.2) is 8.42 Å². The molecule has 1 amide bonds. The molecule has 7 nitrogen and oxygen atoms in total. The molecule has 0 spiro atoms. The van der Waals surface area contributed by atoms with E-state index in [2.05, 4.69) is 15.5 Å². The Labute approximate surface area is 153 Å². The fraction of sp³-hybridized carbons (Fsp3) is 0.462. The Hall–Kier alpha value is -1.03. The number of thioether (sulfide) groups is 1. The van der Waals surface area contributed by atoms with Gasteiger partial charge >= 0.3 is 0 Å². The second-order valence-electron chi connectivity index (χ2n) is 5.55. The van der Waals surface area contributed by atoms with Crippen LogP contribution in [0.1, 0.15) is 13.3 Å². The third-order valence-corrected chi connectivity index (χ3v) is 6.94. The molecule has 0 bridgehead atoms. The Morgan fingerprint density at radius 1 is 1.46 bits per heavy atom. The molecular weight excluding hydrogens is 395 g/mol. The summed E-state index contributed by atoms with van der Waals surface area (Å²) in [4.78, 5) is 12.3. The third kappa shape index (κ3) is 3.79. The first kappa shape index (κ1) is 17.8. The molecule has 1 aliphatic heterocycles. The van der Waals surface area contributed by atoms with Crippen LogP contribution in [0.5, 0.6) is 0 Å². The quantitative estimate of drug-likeness (QED) is 0.775. The average Bonchev–Trinajstić information content (AvgIpc) is 3.02. The highest BCUT2D eigenvalue weighted by Gasteiger charge is 2.30. The molecule has 1 aliphatic rings. The predicted molar refractivity (Wildman–Crippen MR) is 93.5 cm³/mol. The van der Waals surface area contributed by atoms with E-state index in [1.165, 1.54) is 11.8 Å². The zero-order valence-electron chi connectivity index (χ0n) is 12.6. The molecule has 0 aromatic carbocycles. The van der Waals surface area contributed by atoms with Gasteiger partial charge in [-0.15, -0.1) is 10.2 Å². The Bertz CT molecular complexity index is 900. The molecule has 3 heterocycles. The number of hydrogen-bond acceptors (Lipinski definition) is 6. The van der Waals surface area contributed by atoms with Crippen LogP contribution in [0, 0.1) is 0 Å². The van der Waals surface area contributed by atoms with Gasteiger partial charge in [0, 0.05) is 12.2 Å². The van der Waals surface area contributed by atoms with Crippen LogP contribution in [0.4, 0.5) is 0 Å². The van der Waals surface area contributed by atoms with Gasteiger partial charge in [0.25, 0.3) is 0 Å². The maximum absolute atomic E-state index is 12.3. The fourth-order valence-corrected chi connectivity index (χ4v) is 5.44. The maximum Gasteiger partial charge on any atom is 0.233 e. The van der Waals surface area contributed by atoms with Crippen molar-refractivity contribution in [1.82, 2.24) is 19.9 Å². The third-order valence-electron chi connectivity index (χ3n) is 3.63. The van der Waals surface area contributed by atoms with E-state index in [-0.39, 0.29) is 23.5 Å². The standard InChI is InChI=1S/C13H14Cl2N4O3S2/c1-7(12(20)16-9-2-3-24(21,22)6-9)23-13-18-17-11-10(15)4-8(14)5-19(11)13/h4-5,7,9H,2-3,6H2,1H3,(H,16,20)/t7-,9+/m1/s1. The van der Waals surface area contributed by atoms with Crippen molar-refractivity contribution in [2.24, 2.45) is 0 Å². The minimum absolute atomic E-state index is 0.00476. The lowest BCUT2D eigenvalue weighted by molar-refractivity contribution is -0.120. The highest BCUT2D eigenvalue weighted by Crippen LogP contribution is 2.27. The highest BCUT2D eigenvalue weighted by molar-refractivity contribution is 8.00. The second-order valence-corrected chi connectivity index (χ2v) is 9.93. The summed E-state index contributed by atoms with van der Waals surface area (Å²) in [5.74, 6) is -0.132. The Morgan fingerprint density at radius 3 is 2.88 bits per heavy atom. The van der Waals surface area contributed by atoms with Crippen LogP contribution in [-0.2, 0) is 14.6 Å². The van der Waals surface area contributed by atoms with Gasteiger partial charge in [0.1, 0.15) is 0 Å². The maximum atomic E-state index is 12.3. The van der Waals surface area contributed by atoms with Crippen molar-refractivity contribution < 1.29 is 13.2 Å². The van der Waals surface area contributed by atoms with Crippen molar-refractivity contribution in [3.63, 3.8) is 0 Å². The molecule has 2 atom stereocenters. The molecule has 0 aliphatic carbocycles. The van der Waals surface area contributed by atoms with Crippen LogP contribution in [0.15, 0.2) is 17.4 Å². The van der Waals surface area contributed by atoms with Crippen LogP contribution in [0.2, 0.25) is 10.0 Å².